The van der Waals surface area contributed by atoms with E-state index < -0.39 is 0 Å². The molecule has 4 nitrogen and oxygen atoms in total. The summed E-state index contributed by atoms with van der Waals surface area (Å²) in [6.45, 7) is 4.08. The number of aryl methyl sites for hydroxylation is 1. The summed E-state index contributed by atoms with van der Waals surface area (Å²) in [7, 11) is 0. The standard InChI is InChI=1S/C24H24N2O2S/c1-3-28-23(27)20-14-15-21(17(2)16-20)25-24(29)26-22(18-10-6-4-7-11-18)19-12-8-5-9-13-19/h4-16,22H,3H2,1-2H3,(H2,25,26,29). The maximum Gasteiger partial charge on any atom is 0.338 e. The molecule has 5 heteroatoms. The van der Waals surface area contributed by atoms with Gasteiger partial charge in [0.1, 0.15) is 0 Å². The van der Waals surface area contributed by atoms with Crippen molar-refractivity contribution in [2.24, 2.45) is 0 Å². The van der Waals surface area contributed by atoms with Crippen molar-refractivity contribution in [1.82, 2.24) is 5.32 Å². The van der Waals surface area contributed by atoms with Gasteiger partial charge in [-0.15, -0.1) is 0 Å². The van der Waals surface area contributed by atoms with Gasteiger partial charge < -0.3 is 15.4 Å². The van der Waals surface area contributed by atoms with Gasteiger partial charge in [-0.05, 0) is 61.0 Å². The second kappa shape index (κ2) is 9.85. The zero-order chi connectivity index (χ0) is 20.6. The van der Waals surface area contributed by atoms with Gasteiger partial charge in [0, 0.05) is 5.69 Å². The number of benzene rings is 3. The van der Waals surface area contributed by atoms with Gasteiger partial charge in [0.05, 0.1) is 18.2 Å². The van der Waals surface area contributed by atoms with Crippen molar-refractivity contribution in [3.05, 3.63) is 101 Å². The number of hydrogen-bond acceptors (Lipinski definition) is 3. The lowest BCUT2D eigenvalue weighted by Gasteiger charge is -2.22. The average Bonchev–Trinajstić information content (AvgIpc) is 2.75. The van der Waals surface area contributed by atoms with E-state index in [1.807, 2.05) is 49.4 Å². The second-order valence-electron chi connectivity index (χ2n) is 6.60. The van der Waals surface area contributed by atoms with Crippen LogP contribution >= 0.6 is 12.2 Å². The second-order valence-corrected chi connectivity index (χ2v) is 7.01. The minimum atomic E-state index is -0.323. The number of carbonyl (C=O) groups is 1. The largest absolute Gasteiger partial charge is 0.462 e. The first-order valence-corrected chi connectivity index (χ1v) is 9.94. The summed E-state index contributed by atoms with van der Waals surface area (Å²) in [6.07, 6.45) is 0. The Morgan fingerprint density at radius 2 is 1.55 bits per heavy atom. The monoisotopic (exact) mass is 404 g/mol. The highest BCUT2D eigenvalue weighted by Crippen LogP contribution is 2.23. The van der Waals surface area contributed by atoms with E-state index in [9.17, 15) is 4.79 Å². The quantitative estimate of drug-likeness (QED) is 0.434. The first-order valence-electron chi connectivity index (χ1n) is 9.53. The fourth-order valence-electron chi connectivity index (χ4n) is 3.08. The average molecular weight is 405 g/mol. The van der Waals surface area contributed by atoms with Crippen molar-refractivity contribution in [3.8, 4) is 0 Å². The van der Waals surface area contributed by atoms with Crippen LogP contribution in [0.2, 0.25) is 0 Å². The Hall–Kier alpha value is -3.18. The third kappa shape index (κ3) is 5.42. The highest BCUT2D eigenvalue weighted by atomic mass is 32.1. The Kier molecular flexibility index (Phi) is 6.98. The van der Waals surface area contributed by atoms with E-state index in [0.29, 0.717) is 17.3 Å². The molecule has 0 radical (unpaired) electrons. The molecule has 0 amide bonds. The number of hydrogen-bond donors (Lipinski definition) is 2. The van der Waals surface area contributed by atoms with Gasteiger partial charge in [-0.2, -0.15) is 0 Å². The maximum atomic E-state index is 11.9. The van der Waals surface area contributed by atoms with Gasteiger partial charge in [0.15, 0.2) is 5.11 Å². The van der Waals surface area contributed by atoms with Crippen molar-refractivity contribution in [3.63, 3.8) is 0 Å². The number of rotatable bonds is 6. The molecule has 0 atom stereocenters. The van der Waals surface area contributed by atoms with Crippen LogP contribution in [0.3, 0.4) is 0 Å². The zero-order valence-electron chi connectivity index (χ0n) is 16.5. The molecular weight excluding hydrogens is 380 g/mol. The number of thiocarbonyl (C=S) groups is 1. The summed E-state index contributed by atoms with van der Waals surface area (Å²) in [6, 6.07) is 25.7. The lowest BCUT2D eigenvalue weighted by atomic mass is 9.99. The van der Waals surface area contributed by atoms with Crippen LogP contribution in [-0.4, -0.2) is 17.7 Å². The summed E-state index contributed by atoms with van der Waals surface area (Å²) in [5.74, 6) is -0.323. The number of anilines is 1. The molecule has 0 heterocycles. The van der Waals surface area contributed by atoms with Gasteiger partial charge in [0.25, 0.3) is 0 Å². The molecule has 0 aliphatic rings. The van der Waals surface area contributed by atoms with Crippen molar-refractivity contribution in [2.75, 3.05) is 11.9 Å². The minimum absolute atomic E-state index is 0.0727. The lowest BCUT2D eigenvalue weighted by Crippen LogP contribution is -2.33. The summed E-state index contributed by atoms with van der Waals surface area (Å²) in [5, 5.41) is 7.17. The van der Waals surface area contributed by atoms with Crippen molar-refractivity contribution >= 4 is 29.0 Å². The molecule has 148 valence electrons. The van der Waals surface area contributed by atoms with Gasteiger partial charge in [0.2, 0.25) is 0 Å². The van der Waals surface area contributed by atoms with Crippen LogP contribution in [0.15, 0.2) is 78.9 Å². The number of carbonyl (C=O) groups excluding carboxylic acids is 1. The summed E-state index contributed by atoms with van der Waals surface area (Å²) in [4.78, 5) is 11.9. The SMILES string of the molecule is CCOC(=O)c1ccc(NC(=S)NC(c2ccccc2)c2ccccc2)c(C)c1. The van der Waals surface area contributed by atoms with Crippen LogP contribution in [0, 0.1) is 6.92 Å². The smallest absolute Gasteiger partial charge is 0.338 e. The molecule has 0 aliphatic carbocycles. The molecule has 0 aromatic heterocycles. The molecule has 0 spiro atoms. The molecule has 29 heavy (non-hydrogen) atoms. The summed E-state index contributed by atoms with van der Waals surface area (Å²) >= 11 is 5.58. The van der Waals surface area contributed by atoms with Crippen molar-refractivity contribution in [2.45, 2.75) is 19.9 Å². The molecule has 0 unspecified atom stereocenters. The summed E-state index contributed by atoms with van der Waals surface area (Å²) in [5.41, 5.74) is 4.53. The molecule has 3 rings (SSSR count). The van der Waals surface area contributed by atoms with E-state index in [1.54, 1.807) is 19.1 Å². The Morgan fingerprint density at radius 1 is 0.966 bits per heavy atom. The molecule has 3 aromatic rings. The molecule has 0 saturated carbocycles. The highest BCUT2D eigenvalue weighted by Gasteiger charge is 2.15. The molecule has 2 N–H and O–H groups in total. The highest BCUT2D eigenvalue weighted by molar-refractivity contribution is 7.80. The number of ether oxygens (including phenoxy) is 1. The predicted molar refractivity (Wildman–Crippen MR) is 121 cm³/mol. The molecule has 0 bridgehead atoms. The van der Waals surface area contributed by atoms with Crippen molar-refractivity contribution in [1.29, 1.82) is 0 Å². The van der Waals surface area contributed by atoms with E-state index in [1.165, 1.54) is 0 Å². The fourth-order valence-corrected chi connectivity index (χ4v) is 3.31. The Morgan fingerprint density at radius 3 is 2.07 bits per heavy atom. The Balaban J connectivity index is 1.76. The molecule has 0 saturated heterocycles. The van der Waals surface area contributed by atoms with E-state index in [-0.39, 0.29) is 12.0 Å². The topological polar surface area (TPSA) is 50.4 Å². The van der Waals surface area contributed by atoms with E-state index in [0.717, 1.165) is 22.4 Å². The van der Waals surface area contributed by atoms with Crippen LogP contribution in [0.1, 0.15) is 40.0 Å². The molecular formula is C24H24N2O2S. The molecule has 0 aliphatic heterocycles. The summed E-state index contributed by atoms with van der Waals surface area (Å²) < 4.78 is 5.06. The predicted octanol–water partition coefficient (Wildman–Crippen LogP) is 5.25. The fraction of sp³-hybridized carbons (Fsp3) is 0.167. The maximum absolute atomic E-state index is 11.9. The van der Waals surface area contributed by atoms with Crippen LogP contribution in [0.5, 0.6) is 0 Å². The van der Waals surface area contributed by atoms with Gasteiger partial charge in [-0.3, -0.25) is 0 Å². The van der Waals surface area contributed by atoms with Gasteiger partial charge in [-0.25, -0.2) is 4.79 Å². The minimum Gasteiger partial charge on any atom is -0.462 e. The van der Waals surface area contributed by atoms with Crippen LogP contribution in [-0.2, 0) is 4.74 Å². The van der Waals surface area contributed by atoms with Gasteiger partial charge in [-0.1, -0.05) is 60.7 Å². The van der Waals surface area contributed by atoms with Crippen LogP contribution in [0.25, 0.3) is 0 Å². The zero-order valence-corrected chi connectivity index (χ0v) is 17.3. The first kappa shape index (κ1) is 20.6. The Labute approximate surface area is 176 Å². The van der Waals surface area contributed by atoms with E-state index in [4.69, 9.17) is 17.0 Å². The number of esters is 1. The lowest BCUT2D eigenvalue weighted by molar-refractivity contribution is 0.0526. The normalized spacial score (nSPS) is 10.4. The van der Waals surface area contributed by atoms with E-state index in [2.05, 4.69) is 34.9 Å². The van der Waals surface area contributed by atoms with Crippen LogP contribution in [0.4, 0.5) is 5.69 Å². The first-order chi connectivity index (χ1) is 14.1. The van der Waals surface area contributed by atoms with Crippen molar-refractivity contribution < 1.29 is 9.53 Å². The van der Waals surface area contributed by atoms with E-state index >= 15 is 0 Å². The van der Waals surface area contributed by atoms with Gasteiger partial charge >= 0.3 is 5.97 Å². The third-order valence-electron chi connectivity index (χ3n) is 4.53. The molecule has 0 fully saturated rings. The van der Waals surface area contributed by atoms with Crippen LogP contribution < -0.4 is 10.6 Å². The Bertz CT molecular complexity index is 935. The third-order valence-corrected chi connectivity index (χ3v) is 4.75. The molecule has 3 aromatic carbocycles. The number of nitrogens with one attached hydrogen (secondary N) is 2.